The molecule has 1 amide bonds. The predicted molar refractivity (Wildman–Crippen MR) is 217 cm³/mol. The van der Waals surface area contributed by atoms with Crippen molar-refractivity contribution in [1.82, 2.24) is 4.90 Å². The molecule has 0 aromatic heterocycles. The first-order valence-corrected chi connectivity index (χ1v) is 22.3. The molecular formula is C45H85NO5. The second-order valence-electron chi connectivity index (χ2n) is 15.4. The number of carbonyl (C=O) groups is 3. The molecule has 6 nitrogen and oxygen atoms in total. The molecule has 0 fully saturated rings. The van der Waals surface area contributed by atoms with Crippen LogP contribution in [0.4, 0.5) is 0 Å². The third-order valence-electron chi connectivity index (χ3n) is 10.5. The summed E-state index contributed by atoms with van der Waals surface area (Å²) in [7, 11) is 0. The summed E-state index contributed by atoms with van der Waals surface area (Å²) >= 11 is 0. The average molecular weight is 720 g/mol. The SMILES string of the molecule is C=CC(=O)OCCC(CC(=O)O)C(=O)N(CCCCCCCCCCCCCCCCCC)CCCCCCCCCCCCCCCCCC. The number of rotatable bonds is 41. The Morgan fingerprint density at radius 2 is 0.824 bits per heavy atom. The van der Waals surface area contributed by atoms with Crippen LogP contribution in [-0.2, 0) is 19.1 Å². The van der Waals surface area contributed by atoms with Crippen LogP contribution in [0.25, 0.3) is 0 Å². The lowest BCUT2D eigenvalue weighted by atomic mass is 9.99. The van der Waals surface area contributed by atoms with Crippen LogP contribution in [0.15, 0.2) is 12.7 Å². The summed E-state index contributed by atoms with van der Waals surface area (Å²) < 4.78 is 5.10. The van der Waals surface area contributed by atoms with Gasteiger partial charge in [-0.2, -0.15) is 0 Å². The van der Waals surface area contributed by atoms with Gasteiger partial charge in [0.05, 0.1) is 18.9 Å². The van der Waals surface area contributed by atoms with Gasteiger partial charge < -0.3 is 14.7 Å². The maximum absolute atomic E-state index is 13.6. The van der Waals surface area contributed by atoms with Gasteiger partial charge in [0.25, 0.3) is 0 Å². The van der Waals surface area contributed by atoms with Crippen molar-refractivity contribution in [3.63, 3.8) is 0 Å². The highest BCUT2D eigenvalue weighted by atomic mass is 16.5. The van der Waals surface area contributed by atoms with Gasteiger partial charge in [0.2, 0.25) is 5.91 Å². The molecular weight excluding hydrogens is 634 g/mol. The van der Waals surface area contributed by atoms with Crippen LogP contribution in [-0.4, -0.2) is 47.5 Å². The fourth-order valence-corrected chi connectivity index (χ4v) is 7.18. The molecule has 0 aromatic rings. The second kappa shape index (κ2) is 39.4. The third-order valence-corrected chi connectivity index (χ3v) is 10.5. The molecule has 0 rings (SSSR count). The number of aliphatic carboxylic acids is 1. The number of hydrogen-bond donors (Lipinski definition) is 1. The number of unbranched alkanes of at least 4 members (excludes halogenated alkanes) is 30. The van der Waals surface area contributed by atoms with Crippen molar-refractivity contribution < 1.29 is 24.2 Å². The fourth-order valence-electron chi connectivity index (χ4n) is 7.18. The lowest BCUT2D eigenvalue weighted by Crippen LogP contribution is -2.39. The van der Waals surface area contributed by atoms with Crippen LogP contribution >= 0.6 is 0 Å². The minimum atomic E-state index is -0.992. The van der Waals surface area contributed by atoms with Crippen molar-refractivity contribution in [2.24, 2.45) is 5.92 Å². The van der Waals surface area contributed by atoms with Gasteiger partial charge in [-0.1, -0.05) is 213 Å². The minimum absolute atomic E-state index is 0.0282. The normalized spacial score (nSPS) is 11.8. The van der Waals surface area contributed by atoms with Crippen molar-refractivity contribution in [2.75, 3.05) is 19.7 Å². The van der Waals surface area contributed by atoms with Crippen LogP contribution in [0.1, 0.15) is 232 Å². The van der Waals surface area contributed by atoms with Gasteiger partial charge >= 0.3 is 11.9 Å². The standard InChI is InChI=1S/C45H85NO5/c1-4-7-9-11-13-15-17-19-21-23-25-27-29-31-33-35-38-46(45(50)42(41-43(47)48)37-40-51-44(49)6-3)39-36-34-32-30-28-26-24-22-20-18-16-14-12-10-8-5-2/h6,42H,3-5,7-41H2,1-2H3,(H,47,48). The topological polar surface area (TPSA) is 83.9 Å². The Balaban J connectivity index is 4.38. The van der Waals surface area contributed by atoms with E-state index < -0.39 is 17.9 Å². The van der Waals surface area contributed by atoms with E-state index in [-0.39, 0.29) is 25.4 Å². The molecule has 0 spiro atoms. The monoisotopic (exact) mass is 720 g/mol. The summed E-state index contributed by atoms with van der Waals surface area (Å²) in [4.78, 5) is 38.7. The number of esters is 1. The van der Waals surface area contributed by atoms with E-state index in [0.717, 1.165) is 31.8 Å². The molecule has 6 heteroatoms. The molecule has 0 saturated carbocycles. The van der Waals surface area contributed by atoms with Crippen LogP contribution in [0.2, 0.25) is 0 Å². The predicted octanol–water partition coefficient (Wildman–Crippen LogP) is 13.5. The first-order chi connectivity index (χ1) is 25.0. The Kier molecular flexibility index (Phi) is 37.9. The van der Waals surface area contributed by atoms with Crippen molar-refractivity contribution in [1.29, 1.82) is 0 Å². The molecule has 0 saturated heterocycles. The van der Waals surface area contributed by atoms with Gasteiger partial charge in [-0.15, -0.1) is 0 Å². The molecule has 0 bridgehead atoms. The van der Waals surface area contributed by atoms with Crippen LogP contribution in [0.3, 0.4) is 0 Å². The molecule has 0 aliphatic carbocycles. The number of carbonyl (C=O) groups excluding carboxylic acids is 2. The summed E-state index contributed by atoms with van der Waals surface area (Å²) in [5.74, 6) is -2.32. The van der Waals surface area contributed by atoms with Crippen LogP contribution in [0.5, 0.6) is 0 Å². The highest BCUT2D eigenvalue weighted by Crippen LogP contribution is 2.19. The minimum Gasteiger partial charge on any atom is -0.481 e. The van der Waals surface area contributed by atoms with E-state index in [0.29, 0.717) is 13.1 Å². The number of carboxylic acids is 1. The maximum Gasteiger partial charge on any atom is 0.330 e. The molecule has 300 valence electrons. The molecule has 0 heterocycles. The second-order valence-corrected chi connectivity index (χ2v) is 15.4. The van der Waals surface area contributed by atoms with Crippen molar-refractivity contribution in [3.8, 4) is 0 Å². The number of nitrogens with zero attached hydrogens (tertiary/aromatic N) is 1. The fraction of sp³-hybridized carbons (Fsp3) is 0.889. The van der Waals surface area contributed by atoms with Gasteiger partial charge in [-0.05, 0) is 19.3 Å². The molecule has 0 aliphatic rings. The van der Waals surface area contributed by atoms with Gasteiger partial charge in [0.1, 0.15) is 0 Å². The largest absolute Gasteiger partial charge is 0.481 e. The van der Waals surface area contributed by atoms with Gasteiger partial charge in [-0.3, -0.25) is 9.59 Å². The van der Waals surface area contributed by atoms with E-state index in [4.69, 9.17) is 4.74 Å². The van der Waals surface area contributed by atoms with E-state index in [1.165, 1.54) is 180 Å². The Bertz CT molecular complexity index is 763. The molecule has 51 heavy (non-hydrogen) atoms. The molecule has 0 aliphatic heterocycles. The zero-order valence-electron chi connectivity index (χ0n) is 34.1. The Morgan fingerprint density at radius 1 is 0.529 bits per heavy atom. The highest BCUT2D eigenvalue weighted by molar-refractivity contribution is 5.83. The summed E-state index contributed by atoms with van der Waals surface area (Å²) in [5.41, 5.74) is 0. The Hall–Kier alpha value is -1.85. The van der Waals surface area contributed by atoms with Crippen molar-refractivity contribution in [2.45, 2.75) is 232 Å². The lowest BCUT2D eigenvalue weighted by molar-refractivity contribution is -0.146. The highest BCUT2D eigenvalue weighted by Gasteiger charge is 2.26. The zero-order chi connectivity index (χ0) is 37.5. The zero-order valence-corrected chi connectivity index (χ0v) is 34.1. The lowest BCUT2D eigenvalue weighted by Gasteiger charge is -2.27. The van der Waals surface area contributed by atoms with E-state index in [1.54, 1.807) is 0 Å². The van der Waals surface area contributed by atoms with Crippen LogP contribution < -0.4 is 0 Å². The maximum atomic E-state index is 13.6. The molecule has 1 unspecified atom stereocenters. The van der Waals surface area contributed by atoms with E-state index in [1.807, 2.05) is 4.90 Å². The molecule has 0 radical (unpaired) electrons. The molecule has 1 atom stereocenters. The summed E-state index contributed by atoms with van der Waals surface area (Å²) in [5, 5.41) is 9.52. The van der Waals surface area contributed by atoms with Crippen molar-refractivity contribution in [3.05, 3.63) is 12.7 Å². The van der Waals surface area contributed by atoms with E-state index in [9.17, 15) is 19.5 Å². The van der Waals surface area contributed by atoms with Gasteiger partial charge in [0.15, 0.2) is 0 Å². The third kappa shape index (κ3) is 35.0. The van der Waals surface area contributed by atoms with E-state index in [2.05, 4.69) is 20.4 Å². The first kappa shape index (κ1) is 49.1. The summed E-state index contributed by atoms with van der Waals surface area (Å²) in [6.07, 6.45) is 43.0. The van der Waals surface area contributed by atoms with Crippen molar-refractivity contribution >= 4 is 17.8 Å². The van der Waals surface area contributed by atoms with Gasteiger partial charge in [0, 0.05) is 19.2 Å². The number of ether oxygens (including phenoxy) is 1. The quantitative estimate of drug-likeness (QED) is 0.0386. The first-order valence-electron chi connectivity index (χ1n) is 22.3. The molecule has 1 N–H and O–H groups in total. The summed E-state index contributed by atoms with van der Waals surface area (Å²) in [6, 6.07) is 0. The van der Waals surface area contributed by atoms with E-state index >= 15 is 0 Å². The average Bonchev–Trinajstić information content (AvgIpc) is 3.12. The Labute approximate surface area is 316 Å². The number of amides is 1. The molecule has 0 aromatic carbocycles. The smallest absolute Gasteiger partial charge is 0.330 e. The Morgan fingerprint density at radius 3 is 1.10 bits per heavy atom. The number of carboxylic acid groups (broad SMARTS) is 1. The number of hydrogen-bond acceptors (Lipinski definition) is 4. The van der Waals surface area contributed by atoms with Gasteiger partial charge in [-0.25, -0.2) is 4.79 Å². The van der Waals surface area contributed by atoms with Crippen LogP contribution in [0, 0.1) is 5.92 Å². The summed E-state index contributed by atoms with van der Waals surface area (Å²) in [6.45, 7) is 9.35.